The van der Waals surface area contributed by atoms with Gasteiger partial charge >= 0.3 is 0 Å². The maximum atomic E-state index is 13.7. The van der Waals surface area contributed by atoms with Gasteiger partial charge < -0.3 is 5.32 Å². The van der Waals surface area contributed by atoms with Crippen molar-refractivity contribution in [1.82, 2.24) is 9.47 Å². The van der Waals surface area contributed by atoms with E-state index in [9.17, 15) is 9.59 Å². The fourth-order valence-electron chi connectivity index (χ4n) is 4.52. The number of anilines is 1. The van der Waals surface area contributed by atoms with Crippen LogP contribution in [0.2, 0.25) is 0 Å². The number of hydrogen-bond acceptors (Lipinski definition) is 5. The molecule has 4 aromatic rings. The van der Waals surface area contributed by atoms with Crippen molar-refractivity contribution < 1.29 is 4.79 Å². The number of carbonyl (C=O) groups excluding carboxylic acids is 1. The van der Waals surface area contributed by atoms with Crippen LogP contribution in [0.4, 0.5) is 5.00 Å². The molecule has 1 aliphatic heterocycles. The van der Waals surface area contributed by atoms with Crippen molar-refractivity contribution in [3.63, 3.8) is 0 Å². The van der Waals surface area contributed by atoms with Crippen LogP contribution in [0.5, 0.6) is 0 Å². The van der Waals surface area contributed by atoms with Gasteiger partial charge in [-0.25, -0.2) is 0 Å². The Labute approximate surface area is 197 Å². The van der Waals surface area contributed by atoms with Crippen molar-refractivity contribution in [2.75, 3.05) is 18.4 Å². The summed E-state index contributed by atoms with van der Waals surface area (Å²) >= 11 is 1.49. The molecule has 0 radical (unpaired) electrons. The van der Waals surface area contributed by atoms with Gasteiger partial charge in [0.2, 0.25) is 0 Å². The van der Waals surface area contributed by atoms with Crippen molar-refractivity contribution in [3.8, 4) is 5.69 Å². The Hall–Kier alpha value is -3.22. The summed E-state index contributed by atoms with van der Waals surface area (Å²) in [4.78, 5) is 29.8. The van der Waals surface area contributed by atoms with E-state index in [2.05, 4.69) is 24.1 Å². The molecule has 0 unspecified atom stereocenters. The van der Waals surface area contributed by atoms with Gasteiger partial charge in [0.1, 0.15) is 9.83 Å². The summed E-state index contributed by atoms with van der Waals surface area (Å²) < 4.78 is 1.71. The lowest BCUT2D eigenvalue weighted by Gasteiger charge is -2.20. The predicted octanol–water partition coefficient (Wildman–Crippen LogP) is 5.18. The van der Waals surface area contributed by atoms with E-state index in [0.717, 1.165) is 40.4 Å². The molecule has 5 nitrogen and oxygen atoms in total. The SMILES string of the molecule is CC(C)N1CC[C@H](Nc2sc3c(ccc(=O)n3-c3ccccc3)c2C(=O)c2ccccc2)C1. The number of nitrogens with one attached hydrogen (secondary N) is 1. The Bertz CT molecular complexity index is 1340. The zero-order valence-electron chi connectivity index (χ0n) is 18.8. The number of nitrogens with zero attached hydrogens (tertiary/aromatic N) is 2. The Morgan fingerprint density at radius 3 is 2.36 bits per heavy atom. The summed E-state index contributed by atoms with van der Waals surface area (Å²) in [6.07, 6.45) is 1.02. The lowest BCUT2D eigenvalue weighted by molar-refractivity contribution is 0.104. The molecule has 2 aromatic carbocycles. The summed E-state index contributed by atoms with van der Waals surface area (Å²) in [5.41, 5.74) is 1.99. The van der Waals surface area contributed by atoms with Gasteiger partial charge in [-0.05, 0) is 38.5 Å². The van der Waals surface area contributed by atoms with Crippen LogP contribution in [0.25, 0.3) is 15.9 Å². The van der Waals surface area contributed by atoms with Crippen molar-refractivity contribution in [2.45, 2.75) is 32.4 Å². The molecule has 1 atom stereocenters. The molecule has 168 valence electrons. The number of thiophene rings is 1. The number of para-hydroxylation sites is 1. The third-order valence-electron chi connectivity index (χ3n) is 6.30. The number of likely N-dealkylation sites (tertiary alicyclic amines) is 1. The summed E-state index contributed by atoms with van der Waals surface area (Å²) in [7, 11) is 0. The molecular weight excluding hydrogens is 430 g/mol. The second-order valence-corrected chi connectivity index (χ2v) is 9.78. The van der Waals surface area contributed by atoms with Crippen molar-refractivity contribution in [1.29, 1.82) is 0 Å². The Morgan fingerprint density at radius 2 is 1.70 bits per heavy atom. The molecule has 5 rings (SSSR count). The van der Waals surface area contributed by atoms with Crippen molar-refractivity contribution in [2.24, 2.45) is 0 Å². The molecule has 6 heteroatoms. The molecule has 0 saturated carbocycles. The number of ketones is 1. The van der Waals surface area contributed by atoms with Crippen LogP contribution in [0.1, 0.15) is 36.2 Å². The first-order valence-electron chi connectivity index (χ1n) is 11.4. The zero-order valence-corrected chi connectivity index (χ0v) is 19.6. The van der Waals surface area contributed by atoms with E-state index < -0.39 is 0 Å². The average molecular weight is 458 g/mol. The minimum Gasteiger partial charge on any atom is -0.372 e. The largest absolute Gasteiger partial charge is 0.372 e. The monoisotopic (exact) mass is 457 g/mol. The van der Waals surface area contributed by atoms with Crippen molar-refractivity contribution in [3.05, 3.63) is 94.3 Å². The third kappa shape index (κ3) is 4.12. The summed E-state index contributed by atoms with van der Waals surface area (Å²) in [5, 5.41) is 5.32. The second-order valence-electron chi connectivity index (χ2n) is 8.78. The average Bonchev–Trinajstić information content (AvgIpc) is 3.44. The van der Waals surface area contributed by atoms with Gasteiger partial charge in [-0.3, -0.25) is 19.1 Å². The third-order valence-corrected chi connectivity index (χ3v) is 7.43. The molecule has 0 spiro atoms. The molecular formula is C27H27N3O2S. The molecule has 0 aliphatic carbocycles. The molecule has 1 fully saturated rings. The van der Waals surface area contributed by atoms with Gasteiger partial charge in [0, 0.05) is 42.2 Å². The molecule has 2 aromatic heterocycles. The highest BCUT2D eigenvalue weighted by atomic mass is 32.1. The molecule has 1 saturated heterocycles. The lowest BCUT2D eigenvalue weighted by atomic mass is 10.0. The van der Waals surface area contributed by atoms with Crippen LogP contribution >= 0.6 is 11.3 Å². The first kappa shape index (κ1) is 21.6. The van der Waals surface area contributed by atoms with Crippen LogP contribution in [0, 0.1) is 0 Å². The number of benzene rings is 2. The van der Waals surface area contributed by atoms with Crippen LogP contribution in [0.3, 0.4) is 0 Å². The van der Waals surface area contributed by atoms with E-state index in [0.29, 0.717) is 17.2 Å². The molecule has 33 heavy (non-hydrogen) atoms. The summed E-state index contributed by atoms with van der Waals surface area (Å²) in [6, 6.07) is 23.1. The first-order chi connectivity index (χ1) is 16.0. The summed E-state index contributed by atoms with van der Waals surface area (Å²) in [6.45, 7) is 6.41. The lowest BCUT2D eigenvalue weighted by Crippen LogP contribution is -2.31. The van der Waals surface area contributed by atoms with Gasteiger partial charge in [-0.1, -0.05) is 59.9 Å². The van der Waals surface area contributed by atoms with Crippen LogP contribution in [0.15, 0.2) is 77.6 Å². The number of hydrogen-bond donors (Lipinski definition) is 1. The van der Waals surface area contributed by atoms with E-state index in [1.54, 1.807) is 16.7 Å². The number of fused-ring (bicyclic) bond motifs is 1. The highest BCUT2D eigenvalue weighted by Gasteiger charge is 2.28. The van der Waals surface area contributed by atoms with Crippen LogP contribution in [-0.2, 0) is 0 Å². The number of rotatable bonds is 6. The van der Waals surface area contributed by atoms with E-state index in [1.807, 2.05) is 60.7 Å². The minimum atomic E-state index is -0.105. The zero-order chi connectivity index (χ0) is 22.9. The van der Waals surface area contributed by atoms with Gasteiger partial charge in [-0.2, -0.15) is 0 Å². The number of carbonyl (C=O) groups is 1. The van der Waals surface area contributed by atoms with Crippen LogP contribution < -0.4 is 10.9 Å². The number of pyridine rings is 1. The first-order valence-corrected chi connectivity index (χ1v) is 12.2. The molecule has 1 aliphatic rings. The molecule has 3 heterocycles. The maximum absolute atomic E-state index is 13.7. The normalized spacial score (nSPS) is 16.5. The Balaban J connectivity index is 1.66. The Kier molecular flexibility index (Phi) is 5.87. The molecule has 0 amide bonds. The summed E-state index contributed by atoms with van der Waals surface area (Å²) in [5.74, 6) is -0.0266. The van der Waals surface area contributed by atoms with Gasteiger partial charge in [0.05, 0.1) is 11.3 Å². The van der Waals surface area contributed by atoms with Crippen molar-refractivity contribution >= 4 is 32.3 Å². The van der Waals surface area contributed by atoms with Gasteiger partial charge in [-0.15, -0.1) is 0 Å². The topological polar surface area (TPSA) is 54.3 Å². The predicted molar refractivity (Wildman–Crippen MR) is 136 cm³/mol. The Morgan fingerprint density at radius 1 is 1.00 bits per heavy atom. The smallest absolute Gasteiger partial charge is 0.256 e. The number of aromatic nitrogens is 1. The second kappa shape index (κ2) is 8.96. The van der Waals surface area contributed by atoms with E-state index in [1.165, 1.54) is 11.3 Å². The molecule has 1 N–H and O–H groups in total. The van der Waals surface area contributed by atoms with Gasteiger partial charge in [0.15, 0.2) is 5.78 Å². The highest BCUT2D eigenvalue weighted by Crippen LogP contribution is 2.38. The minimum absolute atomic E-state index is 0.0266. The van der Waals surface area contributed by atoms with Crippen LogP contribution in [-0.4, -0.2) is 40.4 Å². The fourth-order valence-corrected chi connectivity index (χ4v) is 5.81. The highest BCUT2D eigenvalue weighted by molar-refractivity contribution is 7.23. The van der Waals surface area contributed by atoms with Gasteiger partial charge in [0.25, 0.3) is 5.56 Å². The quantitative estimate of drug-likeness (QED) is 0.406. The standard InChI is InChI=1S/C27H27N3O2S/c1-18(2)29-16-15-20(17-29)28-26-24(25(32)19-9-5-3-6-10-19)22-13-14-23(31)30(27(22)33-26)21-11-7-4-8-12-21/h3-14,18,20,28H,15-17H2,1-2H3/t20-/m0/s1. The maximum Gasteiger partial charge on any atom is 0.256 e. The van der Waals surface area contributed by atoms with E-state index in [-0.39, 0.29) is 17.4 Å². The van der Waals surface area contributed by atoms with E-state index >= 15 is 0 Å². The molecule has 0 bridgehead atoms. The van der Waals surface area contributed by atoms with E-state index in [4.69, 9.17) is 0 Å². The fraction of sp³-hybridized carbons (Fsp3) is 0.259.